The van der Waals surface area contributed by atoms with E-state index in [9.17, 15) is 4.79 Å². The lowest BCUT2D eigenvalue weighted by atomic mass is 9.95. The summed E-state index contributed by atoms with van der Waals surface area (Å²) in [5, 5.41) is 3.93. The Bertz CT molecular complexity index is 482. The smallest absolute Gasteiger partial charge is 0.334 e. The van der Waals surface area contributed by atoms with E-state index >= 15 is 0 Å². The lowest BCUT2D eigenvalue weighted by molar-refractivity contribution is -0.138. The van der Waals surface area contributed by atoms with Crippen molar-refractivity contribution in [2.75, 3.05) is 19.7 Å². The summed E-state index contributed by atoms with van der Waals surface area (Å²) in [5.41, 5.74) is 2.60. The first-order valence-electron chi connectivity index (χ1n) is 6.08. The van der Waals surface area contributed by atoms with Crippen LogP contribution in [0, 0.1) is 0 Å². The van der Waals surface area contributed by atoms with Gasteiger partial charge in [0, 0.05) is 17.1 Å². The Balaban J connectivity index is 2.43. The number of hydrogen-bond donors (Lipinski definition) is 1. The van der Waals surface area contributed by atoms with Gasteiger partial charge in [0.25, 0.3) is 0 Å². The predicted molar refractivity (Wildman–Crippen MR) is 72.5 cm³/mol. The van der Waals surface area contributed by atoms with Crippen LogP contribution in [0.15, 0.2) is 29.8 Å². The number of hydrogen-bond acceptors (Lipinski definition) is 3. The molecule has 3 nitrogen and oxygen atoms in total. The van der Waals surface area contributed by atoms with E-state index in [1.807, 2.05) is 31.2 Å². The van der Waals surface area contributed by atoms with Gasteiger partial charge in [-0.25, -0.2) is 4.79 Å². The summed E-state index contributed by atoms with van der Waals surface area (Å²) in [6.07, 6.45) is 0.680. The maximum Gasteiger partial charge on any atom is 0.334 e. The Hall–Kier alpha value is -1.32. The predicted octanol–water partition coefficient (Wildman–Crippen LogP) is 2.65. The molecule has 1 aliphatic heterocycles. The summed E-state index contributed by atoms with van der Waals surface area (Å²) in [5.74, 6) is -0.228. The van der Waals surface area contributed by atoms with Crippen molar-refractivity contribution in [1.29, 1.82) is 0 Å². The van der Waals surface area contributed by atoms with Crippen LogP contribution in [-0.2, 0) is 9.53 Å². The number of rotatable bonds is 3. The molecule has 1 N–H and O–H groups in total. The third-order valence-electron chi connectivity index (χ3n) is 2.94. The molecule has 0 spiro atoms. The van der Waals surface area contributed by atoms with Crippen LogP contribution in [0.3, 0.4) is 0 Å². The third kappa shape index (κ3) is 2.74. The van der Waals surface area contributed by atoms with E-state index < -0.39 is 0 Å². The van der Waals surface area contributed by atoms with Gasteiger partial charge in [-0.05, 0) is 37.1 Å². The van der Waals surface area contributed by atoms with E-state index in [0.717, 1.165) is 23.3 Å². The summed E-state index contributed by atoms with van der Waals surface area (Å²) in [4.78, 5) is 11.9. The molecule has 0 bridgehead atoms. The first kappa shape index (κ1) is 13.1. The summed E-state index contributed by atoms with van der Waals surface area (Å²) in [6.45, 7) is 3.65. The molecule has 4 heteroatoms. The van der Waals surface area contributed by atoms with Crippen LogP contribution in [0.25, 0.3) is 5.57 Å². The maximum absolute atomic E-state index is 11.9. The second-order valence-electron chi connectivity index (χ2n) is 4.08. The van der Waals surface area contributed by atoms with Gasteiger partial charge < -0.3 is 10.1 Å². The van der Waals surface area contributed by atoms with E-state index in [-0.39, 0.29) is 5.97 Å². The van der Waals surface area contributed by atoms with Crippen LogP contribution in [0.5, 0.6) is 0 Å². The number of carbonyl (C=O) groups is 1. The highest BCUT2D eigenvalue weighted by Crippen LogP contribution is 2.29. The molecule has 1 aromatic carbocycles. The molecule has 0 aliphatic carbocycles. The van der Waals surface area contributed by atoms with E-state index in [4.69, 9.17) is 16.3 Å². The fourth-order valence-corrected chi connectivity index (χ4v) is 2.34. The Morgan fingerprint density at radius 3 is 2.94 bits per heavy atom. The van der Waals surface area contributed by atoms with Crippen LogP contribution in [-0.4, -0.2) is 25.7 Å². The van der Waals surface area contributed by atoms with Gasteiger partial charge in [-0.15, -0.1) is 0 Å². The Morgan fingerprint density at radius 2 is 2.22 bits per heavy atom. The normalized spacial score (nSPS) is 15.7. The van der Waals surface area contributed by atoms with Crippen LogP contribution in [0.2, 0.25) is 5.02 Å². The number of benzene rings is 1. The average molecular weight is 266 g/mol. The second kappa shape index (κ2) is 6.03. The second-order valence-corrected chi connectivity index (χ2v) is 4.49. The number of carbonyl (C=O) groups excluding carboxylic acids is 1. The van der Waals surface area contributed by atoms with Crippen LogP contribution < -0.4 is 5.32 Å². The van der Waals surface area contributed by atoms with Crippen LogP contribution in [0.1, 0.15) is 18.9 Å². The first-order chi connectivity index (χ1) is 8.74. The molecule has 0 fully saturated rings. The molecule has 1 aromatic rings. The fourth-order valence-electron chi connectivity index (χ4n) is 2.09. The van der Waals surface area contributed by atoms with Crippen molar-refractivity contribution < 1.29 is 9.53 Å². The molecular formula is C14H16ClNO2. The van der Waals surface area contributed by atoms with Crippen molar-refractivity contribution >= 4 is 23.1 Å². The first-order valence-corrected chi connectivity index (χ1v) is 6.46. The van der Waals surface area contributed by atoms with Crippen molar-refractivity contribution in [1.82, 2.24) is 5.32 Å². The number of halogens is 1. The van der Waals surface area contributed by atoms with Gasteiger partial charge in [0.15, 0.2) is 0 Å². The fraction of sp³-hybridized carbons (Fsp3) is 0.357. The van der Waals surface area contributed by atoms with Gasteiger partial charge in [-0.1, -0.05) is 29.8 Å². The molecule has 0 unspecified atom stereocenters. The average Bonchev–Trinajstić information content (AvgIpc) is 2.40. The largest absolute Gasteiger partial charge is 0.463 e. The van der Waals surface area contributed by atoms with Crippen molar-refractivity contribution in [3.63, 3.8) is 0 Å². The van der Waals surface area contributed by atoms with E-state index in [1.54, 1.807) is 0 Å². The zero-order valence-electron chi connectivity index (χ0n) is 10.3. The molecule has 2 rings (SSSR count). The summed E-state index contributed by atoms with van der Waals surface area (Å²) in [6, 6.07) is 7.57. The Morgan fingerprint density at radius 1 is 1.44 bits per heavy atom. The highest BCUT2D eigenvalue weighted by Gasteiger charge is 2.22. The lowest BCUT2D eigenvalue weighted by Crippen LogP contribution is -2.28. The highest BCUT2D eigenvalue weighted by atomic mass is 35.5. The minimum atomic E-state index is -0.228. The van der Waals surface area contributed by atoms with Crippen molar-refractivity contribution in [3.8, 4) is 0 Å². The molecular weight excluding hydrogens is 250 g/mol. The Labute approximate surface area is 112 Å². The number of nitrogens with one attached hydrogen (secondary N) is 1. The van der Waals surface area contributed by atoms with E-state index in [0.29, 0.717) is 24.6 Å². The number of ether oxygens (including phenoxy) is 1. The molecule has 96 valence electrons. The van der Waals surface area contributed by atoms with Gasteiger partial charge >= 0.3 is 5.97 Å². The minimum absolute atomic E-state index is 0.228. The molecule has 0 amide bonds. The SMILES string of the molecule is CCOC(=O)C1=C(c2ccccc2Cl)CNCC1. The van der Waals surface area contributed by atoms with Crippen LogP contribution >= 0.6 is 11.6 Å². The van der Waals surface area contributed by atoms with Gasteiger partial charge in [0.2, 0.25) is 0 Å². The van der Waals surface area contributed by atoms with Gasteiger partial charge in [0.05, 0.1) is 6.61 Å². The highest BCUT2D eigenvalue weighted by molar-refractivity contribution is 6.32. The molecule has 0 atom stereocenters. The Kier molecular flexibility index (Phi) is 4.39. The maximum atomic E-state index is 11.9. The zero-order valence-corrected chi connectivity index (χ0v) is 11.1. The van der Waals surface area contributed by atoms with E-state index in [2.05, 4.69) is 5.32 Å². The van der Waals surface area contributed by atoms with Crippen LogP contribution in [0.4, 0.5) is 0 Å². The molecule has 1 heterocycles. The lowest BCUT2D eigenvalue weighted by Gasteiger charge is -2.21. The van der Waals surface area contributed by atoms with E-state index in [1.165, 1.54) is 0 Å². The molecule has 1 aliphatic rings. The van der Waals surface area contributed by atoms with Crippen molar-refractivity contribution in [2.45, 2.75) is 13.3 Å². The van der Waals surface area contributed by atoms with Gasteiger partial charge in [-0.3, -0.25) is 0 Å². The zero-order chi connectivity index (χ0) is 13.0. The molecule has 0 saturated carbocycles. The third-order valence-corrected chi connectivity index (χ3v) is 3.27. The monoisotopic (exact) mass is 265 g/mol. The summed E-state index contributed by atoms with van der Waals surface area (Å²) >= 11 is 6.19. The summed E-state index contributed by atoms with van der Waals surface area (Å²) < 4.78 is 5.11. The van der Waals surface area contributed by atoms with Crippen molar-refractivity contribution in [2.24, 2.45) is 0 Å². The number of esters is 1. The standard InChI is InChI=1S/C14H16ClNO2/c1-2-18-14(17)11-7-8-16-9-12(11)10-5-3-4-6-13(10)15/h3-6,16H,2,7-9H2,1H3. The molecule has 0 saturated heterocycles. The molecule has 0 radical (unpaired) electrons. The van der Waals surface area contributed by atoms with Crippen molar-refractivity contribution in [3.05, 3.63) is 40.4 Å². The van der Waals surface area contributed by atoms with Gasteiger partial charge in [-0.2, -0.15) is 0 Å². The van der Waals surface area contributed by atoms with Gasteiger partial charge in [0.1, 0.15) is 0 Å². The molecule has 0 aromatic heterocycles. The summed E-state index contributed by atoms with van der Waals surface area (Å²) in [7, 11) is 0. The minimum Gasteiger partial charge on any atom is -0.463 e. The topological polar surface area (TPSA) is 38.3 Å². The quantitative estimate of drug-likeness (QED) is 0.854. The molecule has 18 heavy (non-hydrogen) atoms.